The van der Waals surface area contributed by atoms with Crippen molar-refractivity contribution < 1.29 is 9.90 Å². The lowest BCUT2D eigenvalue weighted by Gasteiger charge is -2.17. The van der Waals surface area contributed by atoms with Crippen LogP contribution in [0, 0.1) is 5.92 Å². The highest BCUT2D eigenvalue weighted by atomic mass is 16.3. The van der Waals surface area contributed by atoms with Crippen molar-refractivity contribution in [2.45, 2.75) is 25.8 Å². The third-order valence-corrected chi connectivity index (χ3v) is 2.99. The van der Waals surface area contributed by atoms with Crippen LogP contribution < -0.4 is 11.1 Å². The fourth-order valence-electron chi connectivity index (χ4n) is 1.68. The van der Waals surface area contributed by atoms with E-state index in [-0.39, 0.29) is 18.6 Å². The van der Waals surface area contributed by atoms with Gasteiger partial charge in [-0.2, -0.15) is 0 Å². The first kappa shape index (κ1) is 14.7. The Morgan fingerprint density at radius 2 is 2.06 bits per heavy atom. The van der Waals surface area contributed by atoms with Gasteiger partial charge in [0.1, 0.15) is 0 Å². The van der Waals surface area contributed by atoms with Gasteiger partial charge in [-0.15, -0.1) is 0 Å². The number of benzene rings is 1. The first-order valence-corrected chi connectivity index (χ1v) is 6.32. The topological polar surface area (TPSA) is 75.4 Å². The van der Waals surface area contributed by atoms with E-state index in [0.717, 1.165) is 12.0 Å². The SMILES string of the molecule is CC(CN)CCC(=O)N[C@H](CO)c1ccccc1. The molecule has 100 valence electrons. The van der Waals surface area contributed by atoms with Crippen LogP contribution >= 0.6 is 0 Å². The molecular formula is C14H22N2O2. The van der Waals surface area contributed by atoms with E-state index in [0.29, 0.717) is 18.9 Å². The maximum absolute atomic E-state index is 11.7. The summed E-state index contributed by atoms with van der Waals surface area (Å²) in [6.45, 7) is 2.52. The van der Waals surface area contributed by atoms with E-state index < -0.39 is 0 Å². The van der Waals surface area contributed by atoms with Crippen molar-refractivity contribution in [3.8, 4) is 0 Å². The Morgan fingerprint density at radius 1 is 1.39 bits per heavy atom. The minimum atomic E-state index is -0.327. The van der Waals surface area contributed by atoms with Gasteiger partial charge in [-0.1, -0.05) is 37.3 Å². The molecule has 0 radical (unpaired) electrons. The van der Waals surface area contributed by atoms with Gasteiger partial charge in [-0.25, -0.2) is 0 Å². The molecule has 1 aromatic rings. The zero-order valence-electron chi connectivity index (χ0n) is 10.8. The van der Waals surface area contributed by atoms with Gasteiger partial charge in [-0.3, -0.25) is 4.79 Å². The Bertz CT molecular complexity index is 354. The van der Waals surface area contributed by atoms with E-state index in [1.54, 1.807) is 0 Å². The molecule has 1 rings (SSSR count). The van der Waals surface area contributed by atoms with E-state index in [1.807, 2.05) is 37.3 Å². The van der Waals surface area contributed by atoms with Crippen molar-refractivity contribution in [3.63, 3.8) is 0 Å². The molecule has 0 aliphatic rings. The van der Waals surface area contributed by atoms with Crippen LogP contribution in [0.1, 0.15) is 31.4 Å². The molecule has 4 nitrogen and oxygen atoms in total. The monoisotopic (exact) mass is 250 g/mol. The molecule has 0 saturated heterocycles. The second kappa shape index (κ2) is 7.84. The molecule has 0 aromatic heterocycles. The number of aliphatic hydroxyl groups excluding tert-OH is 1. The predicted octanol–water partition coefficient (Wildman–Crippen LogP) is 1.21. The first-order chi connectivity index (χ1) is 8.67. The number of hydrogen-bond donors (Lipinski definition) is 3. The molecule has 1 amide bonds. The van der Waals surface area contributed by atoms with Crippen molar-refractivity contribution in [1.29, 1.82) is 0 Å². The van der Waals surface area contributed by atoms with E-state index in [9.17, 15) is 9.90 Å². The van der Waals surface area contributed by atoms with Crippen LogP contribution in [0.5, 0.6) is 0 Å². The number of amides is 1. The zero-order valence-corrected chi connectivity index (χ0v) is 10.8. The van der Waals surface area contributed by atoms with Crippen LogP contribution in [0.2, 0.25) is 0 Å². The fourth-order valence-corrected chi connectivity index (χ4v) is 1.68. The summed E-state index contributed by atoms with van der Waals surface area (Å²) in [4.78, 5) is 11.7. The minimum absolute atomic E-state index is 0.0433. The van der Waals surface area contributed by atoms with Crippen LogP contribution in [0.3, 0.4) is 0 Å². The van der Waals surface area contributed by atoms with Crippen LogP contribution in [-0.4, -0.2) is 24.2 Å². The number of nitrogens with one attached hydrogen (secondary N) is 1. The van der Waals surface area contributed by atoms with Crippen molar-refractivity contribution in [2.24, 2.45) is 11.7 Å². The van der Waals surface area contributed by atoms with E-state index >= 15 is 0 Å². The molecule has 0 spiro atoms. The molecular weight excluding hydrogens is 228 g/mol. The highest BCUT2D eigenvalue weighted by Gasteiger charge is 2.13. The smallest absolute Gasteiger partial charge is 0.220 e. The Morgan fingerprint density at radius 3 is 2.61 bits per heavy atom. The second-order valence-electron chi connectivity index (χ2n) is 4.59. The van der Waals surface area contributed by atoms with Crippen LogP contribution in [-0.2, 0) is 4.79 Å². The van der Waals surface area contributed by atoms with E-state index in [2.05, 4.69) is 5.32 Å². The highest BCUT2D eigenvalue weighted by Crippen LogP contribution is 2.12. The summed E-state index contributed by atoms with van der Waals surface area (Å²) < 4.78 is 0. The van der Waals surface area contributed by atoms with Crippen molar-refractivity contribution >= 4 is 5.91 Å². The summed E-state index contributed by atoms with van der Waals surface area (Å²) >= 11 is 0. The molecule has 0 aliphatic carbocycles. The standard InChI is InChI=1S/C14H22N2O2/c1-11(9-15)7-8-14(18)16-13(10-17)12-5-3-2-4-6-12/h2-6,11,13,17H,7-10,15H2,1H3,(H,16,18)/t11?,13-/m1/s1. The van der Waals surface area contributed by atoms with Crippen molar-refractivity contribution in [1.82, 2.24) is 5.32 Å². The number of nitrogens with two attached hydrogens (primary N) is 1. The van der Waals surface area contributed by atoms with E-state index in [1.165, 1.54) is 0 Å². The average molecular weight is 250 g/mol. The largest absolute Gasteiger partial charge is 0.394 e. The van der Waals surface area contributed by atoms with Gasteiger partial charge in [0.2, 0.25) is 5.91 Å². The molecule has 1 unspecified atom stereocenters. The Labute approximate surface area is 108 Å². The summed E-state index contributed by atoms with van der Waals surface area (Å²) in [5, 5.41) is 12.1. The molecule has 4 heteroatoms. The predicted molar refractivity (Wildman–Crippen MR) is 71.9 cm³/mol. The number of carbonyl (C=O) groups excluding carboxylic acids is 1. The molecule has 0 saturated carbocycles. The van der Waals surface area contributed by atoms with Crippen molar-refractivity contribution in [2.75, 3.05) is 13.2 Å². The van der Waals surface area contributed by atoms with Crippen LogP contribution in [0.25, 0.3) is 0 Å². The maximum atomic E-state index is 11.7. The molecule has 0 aliphatic heterocycles. The highest BCUT2D eigenvalue weighted by molar-refractivity contribution is 5.76. The van der Waals surface area contributed by atoms with E-state index in [4.69, 9.17) is 5.73 Å². The van der Waals surface area contributed by atoms with Crippen LogP contribution in [0.15, 0.2) is 30.3 Å². The maximum Gasteiger partial charge on any atom is 0.220 e. The molecule has 18 heavy (non-hydrogen) atoms. The number of aliphatic hydroxyl groups is 1. The molecule has 0 fully saturated rings. The molecule has 1 aromatic carbocycles. The van der Waals surface area contributed by atoms with Gasteiger partial charge >= 0.3 is 0 Å². The third-order valence-electron chi connectivity index (χ3n) is 2.99. The summed E-state index contributed by atoms with van der Waals surface area (Å²) in [6.07, 6.45) is 1.22. The summed E-state index contributed by atoms with van der Waals surface area (Å²) in [5.41, 5.74) is 6.42. The molecule has 0 heterocycles. The average Bonchev–Trinajstić information content (AvgIpc) is 2.43. The van der Waals surface area contributed by atoms with Gasteiger partial charge in [0, 0.05) is 6.42 Å². The normalized spacial score (nSPS) is 13.9. The van der Waals surface area contributed by atoms with Gasteiger partial charge in [-0.05, 0) is 24.4 Å². The Hall–Kier alpha value is -1.39. The number of hydrogen-bond acceptors (Lipinski definition) is 3. The Balaban J connectivity index is 2.46. The second-order valence-corrected chi connectivity index (χ2v) is 4.59. The number of carbonyl (C=O) groups is 1. The van der Waals surface area contributed by atoms with Gasteiger partial charge in [0.15, 0.2) is 0 Å². The fraction of sp³-hybridized carbons (Fsp3) is 0.500. The third kappa shape index (κ3) is 4.85. The summed E-state index contributed by atoms with van der Waals surface area (Å²) in [6, 6.07) is 9.14. The quantitative estimate of drug-likeness (QED) is 0.681. The molecule has 4 N–H and O–H groups in total. The first-order valence-electron chi connectivity index (χ1n) is 6.32. The molecule has 2 atom stereocenters. The lowest BCUT2D eigenvalue weighted by atomic mass is 10.0. The summed E-state index contributed by atoms with van der Waals surface area (Å²) in [5.74, 6) is 0.304. The minimum Gasteiger partial charge on any atom is -0.394 e. The van der Waals surface area contributed by atoms with Crippen molar-refractivity contribution in [3.05, 3.63) is 35.9 Å². The van der Waals surface area contributed by atoms with Gasteiger partial charge in [0.25, 0.3) is 0 Å². The lowest BCUT2D eigenvalue weighted by Crippen LogP contribution is -2.31. The molecule has 0 bridgehead atoms. The number of rotatable bonds is 7. The lowest BCUT2D eigenvalue weighted by molar-refractivity contribution is -0.122. The Kier molecular flexibility index (Phi) is 6.39. The zero-order chi connectivity index (χ0) is 13.4. The van der Waals surface area contributed by atoms with Crippen LogP contribution in [0.4, 0.5) is 0 Å². The summed E-state index contributed by atoms with van der Waals surface area (Å²) in [7, 11) is 0. The van der Waals surface area contributed by atoms with Gasteiger partial charge in [0.05, 0.1) is 12.6 Å². The van der Waals surface area contributed by atoms with Gasteiger partial charge < -0.3 is 16.2 Å².